The highest BCUT2D eigenvalue weighted by molar-refractivity contribution is 5.86. The maximum absolute atomic E-state index is 11.9. The molecule has 0 atom stereocenters. The van der Waals surface area contributed by atoms with Crippen LogP contribution in [0, 0.1) is 0 Å². The summed E-state index contributed by atoms with van der Waals surface area (Å²) in [5, 5.41) is 11.5. The second kappa shape index (κ2) is 5.08. The molecule has 0 aliphatic carbocycles. The third kappa shape index (κ3) is 2.46. The van der Waals surface area contributed by atoms with Crippen molar-refractivity contribution in [3.8, 4) is 5.75 Å². The van der Waals surface area contributed by atoms with Crippen molar-refractivity contribution in [1.29, 1.82) is 0 Å². The number of carboxylic acids is 1. The van der Waals surface area contributed by atoms with Gasteiger partial charge in [-0.2, -0.15) is 9.50 Å². The van der Waals surface area contributed by atoms with Gasteiger partial charge >= 0.3 is 5.97 Å². The molecule has 0 saturated carbocycles. The van der Waals surface area contributed by atoms with Gasteiger partial charge in [0, 0.05) is 0 Å². The molecule has 0 radical (unpaired) electrons. The Bertz CT molecular complexity index is 853. The molecule has 3 aromatic rings. The molecule has 0 aliphatic heterocycles. The average Bonchev–Trinajstić information content (AvgIpc) is 2.90. The number of fused-ring (bicyclic) bond motifs is 1. The first-order chi connectivity index (χ1) is 10.1. The van der Waals surface area contributed by atoms with Crippen LogP contribution in [0.3, 0.4) is 0 Å². The number of para-hydroxylation sites is 1. The lowest BCUT2D eigenvalue weighted by molar-refractivity contribution is 0.0694. The number of carbonyl (C=O) groups is 1. The molecule has 0 aliphatic rings. The molecule has 21 heavy (non-hydrogen) atoms. The molecular weight excluding hydrogens is 276 g/mol. The molecule has 0 amide bonds. The lowest BCUT2D eigenvalue weighted by Gasteiger charge is -2.02. The fourth-order valence-electron chi connectivity index (χ4n) is 1.78. The number of aromatic amines is 1. The van der Waals surface area contributed by atoms with Crippen LogP contribution < -0.4 is 10.3 Å². The summed E-state index contributed by atoms with van der Waals surface area (Å²) < 4.78 is 6.47. The van der Waals surface area contributed by atoms with Gasteiger partial charge in [-0.1, -0.05) is 18.2 Å². The van der Waals surface area contributed by atoms with E-state index in [1.165, 1.54) is 0 Å². The number of carboxylic acid groups (broad SMARTS) is 1. The van der Waals surface area contributed by atoms with Crippen molar-refractivity contribution in [3.05, 3.63) is 58.3 Å². The van der Waals surface area contributed by atoms with Gasteiger partial charge < -0.3 is 9.84 Å². The number of ether oxygens (including phenoxy) is 1. The van der Waals surface area contributed by atoms with Crippen LogP contribution in [0.4, 0.5) is 0 Å². The van der Waals surface area contributed by atoms with E-state index in [0.717, 1.165) is 10.7 Å². The van der Waals surface area contributed by atoms with E-state index in [-0.39, 0.29) is 12.4 Å². The van der Waals surface area contributed by atoms with Gasteiger partial charge in [0.1, 0.15) is 17.9 Å². The summed E-state index contributed by atoms with van der Waals surface area (Å²) >= 11 is 0. The van der Waals surface area contributed by atoms with Crippen LogP contribution in [0.25, 0.3) is 5.78 Å². The van der Waals surface area contributed by atoms with Gasteiger partial charge in [0.2, 0.25) is 0 Å². The average molecular weight is 286 g/mol. The van der Waals surface area contributed by atoms with Crippen molar-refractivity contribution in [2.45, 2.75) is 6.61 Å². The van der Waals surface area contributed by atoms with Crippen molar-refractivity contribution in [2.24, 2.45) is 0 Å². The maximum atomic E-state index is 11.9. The molecule has 106 valence electrons. The minimum absolute atomic E-state index is 0.0941. The zero-order valence-corrected chi connectivity index (χ0v) is 10.7. The van der Waals surface area contributed by atoms with Crippen LogP contribution in [0.2, 0.25) is 0 Å². The standard InChI is InChI=1S/C13H10N4O4/c18-11-9(12(19)20)6-14-13-15-10(16-17(11)13)7-21-8-4-2-1-3-5-8/h1-6H,7H2,(H,19,20)(H,14,15,16). The van der Waals surface area contributed by atoms with Crippen LogP contribution in [-0.4, -0.2) is 30.7 Å². The molecule has 2 heterocycles. The van der Waals surface area contributed by atoms with Crippen molar-refractivity contribution < 1.29 is 14.6 Å². The number of H-pyrrole nitrogens is 1. The Morgan fingerprint density at radius 2 is 2.10 bits per heavy atom. The van der Waals surface area contributed by atoms with Crippen LogP contribution >= 0.6 is 0 Å². The second-order valence-corrected chi connectivity index (χ2v) is 4.19. The molecule has 0 saturated heterocycles. The van der Waals surface area contributed by atoms with Gasteiger partial charge in [0.15, 0.2) is 5.82 Å². The van der Waals surface area contributed by atoms with E-state index >= 15 is 0 Å². The fourth-order valence-corrected chi connectivity index (χ4v) is 1.78. The van der Waals surface area contributed by atoms with E-state index in [1.54, 1.807) is 12.1 Å². The highest BCUT2D eigenvalue weighted by Crippen LogP contribution is 2.10. The van der Waals surface area contributed by atoms with E-state index < -0.39 is 17.1 Å². The molecule has 8 nitrogen and oxygen atoms in total. The first-order valence-corrected chi connectivity index (χ1v) is 6.03. The third-order valence-corrected chi connectivity index (χ3v) is 2.77. The molecule has 1 aromatic carbocycles. The first-order valence-electron chi connectivity index (χ1n) is 6.03. The van der Waals surface area contributed by atoms with Gasteiger partial charge in [-0.25, -0.2) is 9.78 Å². The lowest BCUT2D eigenvalue weighted by atomic mass is 10.3. The number of hydrogen-bond acceptors (Lipinski definition) is 5. The van der Waals surface area contributed by atoms with Crippen molar-refractivity contribution >= 4 is 11.7 Å². The van der Waals surface area contributed by atoms with Gasteiger partial charge in [-0.3, -0.25) is 9.89 Å². The smallest absolute Gasteiger partial charge is 0.343 e. The maximum Gasteiger partial charge on any atom is 0.343 e. The molecule has 3 rings (SSSR count). The summed E-state index contributed by atoms with van der Waals surface area (Å²) in [4.78, 5) is 30.6. The number of benzene rings is 1. The van der Waals surface area contributed by atoms with E-state index in [2.05, 4.69) is 15.1 Å². The predicted molar refractivity (Wildman–Crippen MR) is 71.3 cm³/mol. The first kappa shape index (κ1) is 12.9. The SMILES string of the molecule is O=C(O)c1cnc2nc(COc3ccccc3)[nH]n2c1=O. The summed E-state index contributed by atoms with van der Waals surface area (Å²) in [6.45, 7) is 0.106. The fraction of sp³-hybridized carbons (Fsp3) is 0.0769. The summed E-state index contributed by atoms with van der Waals surface area (Å²) in [6, 6.07) is 9.11. The Labute approximate surface area is 117 Å². The van der Waals surface area contributed by atoms with Crippen LogP contribution in [0.15, 0.2) is 41.3 Å². The molecule has 8 heteroatoms. The monoisotopic (exact) mass is 286 g/mol. The van der Waals surface area contributed by atoms with E-state index in [0.29, 0.717) is 11.6 Å². The second-order valence-electron chi connectivity index (χ2n) is 4.19. The Balaban J connectivity index is 1.89. The van der Waals surface area contributed by atoms with Crippen molar-refractivity contribution in [1.82, 2.24) is 19.6 Å². The molecule has 2 aromatic heterocycles. The molecule has 0 bridgehead atoms. The Morgan fingerprint density at radius 3 is 2.81 bits per heavy atom. The molecular formula is C13H10N4O4. The topological polar surface area (TPSA) is 110 Å². The van der Waals surface area contributed by atoms with Gasteiger partial charge in [-0.15, -0.1) is 0 Å². The Hall–Kier alpha value is -3.16. The third-order valence-electron chi connectivity index (χ3n) is 2.77. The largest absolute Gasteiger partial charge is 0.486 e. The Morgan fingerprint density at radius 1 is 1.33 bits per heavy atom. The molecule has 0 spiro atoms. The number of nitrogens with one attached hydrogen (secondary N) is 1. The zero-order chi connectivity index (χ0) is 14.8. The molecule has 0 fully saturated rings. The predicted octanol–water partition coefficient (Wildman–Crippen LogP) is 0.695. The van der Waals surface area contributed by atoms with Crippen molar-refractivity contribution in [2.75, 3.05) is 0 Å². The highest BCUT2D eigenvalue weighted by Gasteiger charge is 2.14. The highest BCUT2D eigenvalue weighted by atomic mass is 16.5. The van der Waals surface area contributed by atoms with Crippen LogP contribution in [-0.2, 0) is 6.61 Å². The summed E-state index contributed by atoms with van der Waals surface area (Å²) in [6.07, 6.45) is 0.989. The summed E-state index contributed by atoms with van der Waals surface area (Å²) in [5.74, 6) is -0.217. The van der Waals surface area contributed by atoms with Crippen LogP contribution in [0.1, 0.15) is 16.2 Å². The molecule has 2 N–H and O–H groups in total. The molecule has 0 unspecified atom stereocenters. The summed E-state index contributed by atoms with van der Waals surface area (Å²) in [7, 11) is 0. The zero-order valence-electron chi connectivity index (χ0n) is 10.7. The van der Waals surface area contributed by atoms with Gasteiger partial charge in [-0.05, 0) is 12.1 Å². The number of aromatic nitrogens is 4. The summed E-state index contributed by atoms with van der Waals surface area (Å²) in [5.41, 5.74) is -1.14. The number of rotatable bonds is 4. The Kier molecular flexibility index (Phi) is 3.11. The van der Waals surface area contributed by atoms with E-state index in [1.807, 2.05) is 18.2 Å². The number of nitrogens with zero attached hydrogens (tertiary/aromatic N) is 3. The van der Waals surface area contributed by atoms with Crippen molar-refractivity contribution in [3.63, 3.8) is 0 Å². The van der Waals surface area contributed by atoms with E-state index in [9.17, 15) is 9.59 Å². The van der Waals surface area contributed by atoms with Crippen LogP contribution in [0.5, 0.6) is 5.75 Å². The number of hydrogen-bond donors (Lipinski definition) is 2. The van der Waals surface area contributed by atoms with Gasteiger partial charge in [0.25, 0.3) is 11.3 Å². The lowest BCUT2D eigenvalue weighted by Crippen LogP contribution is -2.23. The number of aromatic carboxylic acids is 1. The minimum atomic E-state index is -1.33. The van der Waals surface area contributed by atoms with E-state index in [4.69, 9.17) is 9.84 Å². The normalized spacial score (nSPS) is 10.7. The van der Waals surface area contributed by atoms with Gasteiger partial charge in [0.05, 0.1) is 6.20 Å². The quantitative estimate of drug-likeness (QED) is 0.730. The minimum Gasteiger partial charge on any atom is -0.486 e.